The predicted octanol–water partition coefficient (Wildman–Crippen LogP) is 1.33. The zero-order chi connectivity index (χ0) is 9.90. The minimum atomic E-state index is -2.62. The Morgan fingerprint density at radius 1 is 1.62 bits per heavy atom. The standard InChI is InChI=1S/C8H9N3OS/c1-7-3-4-8(10-5-7)13(2,12)11-6-9/h3-5H,1-2H3. The van der Waals surface area contributed by atoms with Gasteiger partial charge in [0.15, 0.2) is 0 Å². The van der Waals surface area contributed by atoms with E-state index in [4.69, 9.17) is 5.26 Å². The van der Waals surface area contributed by atoms with E-state index in [1.165, 1.54) is 12.4 Å². The molecule has 0 aliphatic heterocycles. The molecule has 0 fully saturated rings. The van der Waals surface area contributed by atoms with Gasteiger partial charge in [-0.05, 0) is 18.6 Å². The minimum Gasteiger partial charge on any atom is -0.246 e. The second kappa shape index (κ2) is 3.54. The van der Waals surface area contributed by atoms with Crippen molar-refractivity contribution in [3.05, 3.63) is 23.9 Å². The molecule has 0 aromatic carbocycles. The number of aromatic nitrogens is 1. The normalized spacial score (nSPS) is 14.2. The molecule has 1 aromatic heterocycles. The molecule has 68 valence electrons. The third-order valence-corrected chi connectivity index (χ3v) is 2.93. The van der Waals surface area contributed by atoms with Crippen molar-refractivity contribution in [1.29, 1.82) is 5.26 Å². The first-order valence-corrected chi connectivity index (χ1v) is 5.51. The summed E-state index contributed by atoms with van der Waals surface area (Å²) in [6, 6.07) is 3.41. The minimum absolute atomic E-state index is 0.347. The van der Waals surface area contributed by atoms with Crippen molar-refractivity contribution in [3.8, 4) is 6.19 Å². The number of aryl methyl sites for hydroxylation is 1. The highest BCUT2D eigenvalue weighted by Crippen LogP contribution is 2.07. The van der Waals surface area contributed by atoms with E-state index in [0.717, 1.165) is 5.56 Å². The zero-order valence-electron chi connectivity index (χ0n) is 7.39. The lowest BCUT2D eigenvalue weighted by molar-refractivity contribution is 0.678. The molecule has 1 atom stereocenters. The average Bonchev–Trinajstić information content (AvgIpc) is 2.05. The second-order valence-corrected chi connectivity index (χ2v) is 4.87. The molecular weight excluding hydrogens is 186 g/mol. The maximum Gasteiger partial charge on any atom is 0.215 e. The molecule has 0 amide bonds. The van der Waals surface area contributed by atoms with Gasteiger partial charge in [-0.3, -0.25) is 0 Å². The van der Waals surface area contributed by atoms with Crippen molar-refractivity contribution in [2.75, 3.05) is 6.26 Å². The fourth-order valence-corrected chi connectivity index (χ4v) is 1.62. The van der Waals surface area contributed by atoms with Crippen LogP contribution >= 0.6 is 0 Å². The molecule has 0 N–H and O–H groups in total. The van der Waals surface area contributed by atoms with Crippen molar-refractivity contribution >= 4 is 9.73 Å². The van der Waals surface area contributed by atoms with Gasteiger partial charge in [-0.2, -0.15) is 5.26 Å². The number of nitrogens with zero attached hydrogens (tertiary/aromatic N) is 3. The number of nitriles is 1. The Bertz CT molecular complexity index is 449. The summed E-state index contributed by atoms with van der Waals surface area (Å²) in [6.07, 6.45) is 4.53. The van der Waals surface area contributed by atoms with Crippen LogP contribution < -0.4 is 0 Å². The zero-order valence-corrected chi connectivity index (χ0v) is 8.21. The number of pyridine rings is 1. The first-order valence-electron chi connectivity index (χ1n) is 3.59. The maximum atomic E-state index is 11.6. The molecule has 4 nitrogen and oxygen atoms in total. The van der Waals surface area contributed by atoms with E-state index in [2.05, 4.69) is 9.35 Å². The Balaban J connectivity index is 3.27. The molecule has 1 unspecified atom stereocenters. The highest BCUT2D eigenvalue weighted by atomic mass is 32.2. The van der Waals surface area contributed by atoms with Crippen LogP contribution in [0.3, 0.4) is 0 Å². The summed E-state index contributed by atoms with van der Waals surface area (Å²) in [5.41, 5.74) is 0.982. The molecule has 0 aliphatic rings. The van der Waals surface area contributed by atoms with Crippen LogP contribution in [-0.2, 0) is 9.73 Å². The molecule has 0 spiro atoms. The Kier molecular flexibility index (Phi) is 2.63. The number of hydrogen-bond donors (Lipinski definition) is 0. The summed E-state index contributed by atoms with van der Waals surface area (Å²) in [5.74, 6) is 0. The Labute approximate surface area is 77.4 Å². The van der Waals surface area contributed by atoms with Crippen LogP contribution in [0.25, 0.3) is 0 Å². The van der Waals surface area contributed by atoms with Gasteiger partial charge in [-0.15, -0.1) is 4.36 Å². The summed E-state index contributed by atoms with van der Waals surface area (Å²) in [7, 11) is -2.62. The summed E-state index contributed by atoms with van der Waals surface area (Å²) in [6.45, 7) is 1.88. The van der Waals surface area contributed by atoms with E-state index in [0.29, 0.717) is 5.03 Å². The Hall–Kier alpha value is -1.41. The molecule has 13 heavy (non-hydrogen) atoms. The molecule has 0 bridgehead atoms. The van der Waals surface area contributed by atoms with Gasteiger partial charge < -0.3 is 0 Å². The van der Waals surface area contributed by atoms with Crippen LogP contribution in [-0.4, -0.2) is 15.4 Å². The van der Waals surface area contributed by atoms with Crippen molar-refractivity contribution < 1.29 is 4.21 Å². The average molecular weight is 195 g/mol. The van der Waals surface area contributed by atoms with Crippen molar-refractivity contribution in [3.63, 3.8) is 0 Å². The van der Waals surface area contributed by atoms with E-state index < -0.39 is 9.73 Å². The van der Waals surface area contributed by atoms with Gasteiger partial charge in [0.1, 0.15) is 14.8 Å². The van der Waals surface area contributed by atoms with Gasteiger partial charge in [-0.1, -0.05) is 6.07 Å². The Morgan fingerprint density at radius 3 is 2.77 bits per heavy atom. The van der Waals surface area contributed by atoms with Gasteiger partial charge in [0.25, 0.3) is 0 Å². The van der Waals surface area contributed by atoms with Crippen LogP contribution in [0.4, 0.5) is 0 Å². The van der Waals surface area contributed by atoms with Crippen LogP contribution in [0.5, 0.6) is 0 Å². The predicted molar refractivity (Wildman–Crippen MR) is 49.3 cm³/mol. The Morgan fingerprint density at radius 2 is 2.31 bits per heavy atom. The van der Waals surface area contributed by atoms with E-state index in [1.807, 2.05) is 6.92 Å². The quantitative estimate of drug-likeness (QED) is 0.635. The highest BCUT2D eigenvalue weighted by molar-refractivity contribution is 7.93. The summed E-state index contributed by atoms with van der Waals surface area (Å²) in [5, 5.41) is 8.64. The van der Waals surface area contributed by atoms with E-state index in [9.17, 15) is 4.21 Å². The third-order valence-electron chi connectivity index (χ3n) is 1.49. The van der Waals surface area contributed by atoms with Crippen molar-refractivity contribution in [2.45, 2.75) is 11.9 Å². The van der Waals surface area contributed by atoms with E-state index in [-0.39, 0.29) is 0 Å². The fraction of sp³-hybridized carbons (Fsp3) is 0.250. The van der Waals surface area contributed by atoms with Crippen LogP contribution in [0, 0.1) is 18.4 Å². The molecule has 0 radical (unpaired) electrons. The largest absolute Gasteiger partial charge is 0.246 e. The van der Waals surface area contributed by atoms with Gasteiger partial charge in [-0.25, -0.2) is 9.19 Å². The van der Waals surface area contributed by atoms with Gasteiger partial charge >= 0.3 is 0 Å². The monoisotopic (exact) mass is 195 g/mol. The SMILES string of the molecule is Cc1ccc(S(C)(=O)=NC#N)nc1. The highest BCUT2D eigenvalue weighted by Gasteiger charge is 2.05. The number of hydrogen-bond acceptors (Lipinski definition) is 4. The lowest BCUT2D eigenvalue weighted by Gasteiger charge is -1.99. The summed E-state index contributed by atoms with van der Waals surface area (Å²) >= 11 is 0. The molecule has 1 aromatic rings. The molecule has 1 heterocycles. The van der Waals surface area contributed by atoms with Crippen LogP contribution in [0.15, 0.2) is 27.7 Å². The molecule has 5 heteroatoms. The van der Waals surface area contributed by atoms with Crippen molar-refractivity contribution in [2.24, 2.45) is 4.36 Å². The summed E-state index contributed by atoms with van der Waals surface area (Å²) < 4.78 is 15.0. The molecular formula is C8H9N3OS. The molecule has 0 aliphatic carbocycles. The smallest absolute Gasteiger partial charge is 0.215 e. The molecule has 0 saturated carbocycles. The lowest BCUT2D eigenvalue weighted by Crippen LogP contribution is -1.99. The summed E-state index contributed by atoms with van der Waals surface area (Å²) in [4.78, 5) is 3.95. The van der Waals surface area contributed by atoms with E-state index in [1.54, 1.807) is 18.3 Å². The van der Waals surface area contributed by atoms with Crippen LogP contribution in [0.1, 0.15) is 5.56 Å². The molecule has 0 saturated heterocycles. The third kappa shape index (κ3) is 2.26. The second-order valence-electron chi connectivity index (χ2n) is 2.67. The fourth-order valence-electron chi connectivity index (χ4n) is 0.803. The van der Waals surface area contributed by atoms with Crippen molar-refractivity contribution in [1.82, 2.24) is 4.98 Å². The van der Waals surface area contributed by atoms with Gasteiger partial charge in [0, 0.05) is 12.5 Å². The first-order chi connectivity index (χ1) is 6.06. The molecule has 1 rings (SSSR count). The first kappa shape index (κ1) is 9.68. The lowest BCUT2D eigenvalue weighted by atomic mass is 10.3. The van der Waals surface area contributed by atoms with Crippen LogP contribution in [0.2, 0.25) is 0 Å². The van der Waals surface area contributed by atoms with Gasteiger partial charge in [0.05, 0.1) is 0 Å². The number of rotatable bonds is 1. The van der Waals surface area contributed by atoms with E-state index >= 15 is 0 Å². The topological polar surface area (TPSA) is 66.1 Å². The maximum absolute atomic E-state index is 11.6. The van der Waals surface area contributed by atoms with Gasteiger partial charge in [0.2, 0.25) is 6.19 Å².